The lowest BCUT2D eigenvalue weighted by molar-refractivity contribution is -0.0222. The number of hydrogen-bond donors (Lipinski definition) is 0. The molecule has 3 rings (SSSR count). The van der Waals surface area contributed by atoms with Crippen molar-refractivity contribution in [3.63, 3.8) is 0 Å². The van der Waals surface area contributed by atoms with Crippen molar-refractivity contribution in [2.24, 2.45) is 5.92 Å². The molecule has 1 amide bonds. The molecule has 1 aromatic heterocycles. The molecule has 0 aromatic carbocycles. The monoisotopic (exact) mass is 346 g/mol. The van der Waals surface area contributed by atoms with Gasteiger partial charge in [0.2, 0.25) is 0 Å². The maximum Gasteiger partial charge on any atom is 0.410 e. The van der Waals surface area contributed by atoms with Gasteiger partial charge in [0, 0.05) is 32.3 Å². The van der Waals surface area contributed by atoms with Crippen LogP contribution in [0.25, 0.3) is 0 Å². The third kappa shape index (κ3) is 3.52. The molecule has 5 nitrogen and oxygen atoms in total. The Labute approximate surface area is 150 Å². The Kier molecular flexibility index (Phi) is 4.80. The Balaban J connectivity index is 1.87. The van der Waals surface area contributed by atoms with Crippen LogP contribution in [0, 0.1) is 12.8 Å². The van der Waals surface area contributed by atoms with Gasteiger partial charge in [0.25, 0.3) is 0 Å². The molecule has 1 aromatic rings. The van der Waals surface area contributed by atoms with Crippen molar-refractivity contribution in [1.29, 1.82) is 0 Å². The zero-order chi connectivity index (χ0) is 18.2. The zero-order valence-electron chi connectivity index (χ0n) is 16.0. The summed E-state index contributed by atoms with van der Waals surface area (Å²) < 4.78 is 11.7. The molecule has 5 heteroatoms. The number of aromatic nitrogens is 1. The van der Waals surface area contributed by atoms with Gasteiger partial charge in [-0.05, 0) is 64.5 Å². The third-order valence-corrected chi connectivity index (χ3v) is 5.51. The average Bonchev–Trinajstić information content (AvgIpc) is 2.93. The standard InChI is InChI=1S/C20H30N2O3/c1-14-8-6-10-21-17(14)20(24-5)12-15-9-7-11-22(16(15)13-20)18(23)25-19(2,3)4/h6,8,10,15-16H,7,9,11-13H2,1-5H3. The average molecular weight is 346 g/mol. The summed E-state index contributed by atoms with van der Waals surface area (Å²) in [6.45, 7) is 8.58. The minimum Gasteiger partial charge on any atom is -0.444 e. The molecule has 138 valence electrons. The number of carbonyl (C=O) groups excluding carboxylic acids is 1. The lowest BCUT2D eigenvalue weighted by Crippen LogP contribution is -2.48. The largest absolute Gasteiger partial charge is 0.444 e. The van der Waals surface area contributed by atoms with Crippen molar-refractivity contribution in [3.05, 3.63) is 29.6 Å². The number of piperidine rings is 1. The Hall–Kier alpha value is -1.62. The van der Waals surface area contributed by atoms with E-state index in [2.05, 4.69) is 18.0 Å². The van der Waals surface area contributed by atoms with Crippen LogP contribution in [0.4, 0.5) is 4.79 Å². The van der Waals surface area contributed by atoms with E-state index in [0.717, 1.165) is 43.5 Å². The summed E-state index contributed by atoms with van der Waals surface area (Å²) in [5.74, 6) is 0.433. The molecule has 3 unspecified atom stereocenters. The summed E-state index contributed by atoms with van der Waals surface area (Å²) in [7, 11) is 1.77. The van der Waals surface area contributed by atoms with E-state index in [0.29, 0.717) is 5.92 Å². The Morgan fingerprint density at radius 2 is 2.12 bits per heavy atom. The highest BCUT2D eigenvalue weighted by molar-refractivity contribution is 5.69. The van der Waals surface area contributed by atoms with Crippen molar-refractivity contribution < 1.29 is 14.3 Å². The van der Waals surface area contributed by atoms with Crippen LogP contribution in [-0.4, -0.2) is 41.3 Å². The first-order chi connectivity index (χ1) is 11.8. The molecule has 1 aliphatic heterocycles. The van der Waals surface area contributed by atoms with Gasteiger partial charge < -0.3 is 14.4 Å². The number of amides is 1. The van der Waals surface area contributed by atoms with Crippen LogP contribution in [0.3, 0.4) is 0 Å². The van der Waals surface area contributed by atoms with Gasteiger partial charge in [-0.25, -0.2) is 4.79 Å². The molecule has 3 atom stereocenters. The van der Waals surface area contributed by atoms with Gasteiger partial charge in [0.1, 0.15) is 11.2 Å². The van der Waals surface area contributed by atoms with Crippen LogP contribution in [0.2, 0.25) is 0 Å². The van der Waals surface area contributed by atoms with Gasteiger partial charge in [-0.1, -0.05) is 6.07 Å². The van der Waals surface area contributed by atoms with Crippen LogP contribution in [0.15, 0.2) is 18.3 Å². The molecule has 2 aliphatic rings. The van der Waals surface area contributed by atoms with Crippen LogP contribution < -0.4 is 0 Å². The third-order valence-electron chi connectivity index (χ3n) is 5.51. The fraction of sp³-hybridized carbons (Fsp3) is 0.700. The maximum absolute atomic E-state index is 12.7. The Morgan fingerprint density at radius 3 is 2.76 bits per heavy atom. The van der Waals surface area contributed by atoms with E-state index in [4.69, 9.17) is 9.47 Å². The first kappa shape index (κ1) is 18.2. The lowest BCUT2D eigenvalue weighted by atomic mass is 9.90. The highest BCUT2D eigenvalue weighted by Gasteiger charge is 2.52. The summed E-state index contributed by atoms with van der Waals surface area (Å²) in [5.41, 5.74) is 1.27. The van der Waals surface area contributed by atoms with E-state index in [9.17, 15) is 4.79 Å². The summed E-state index contributed by atoms with van der Waals surface area (Å²) in [6, 6.07) is 4.19. The zero-order valence-corrected chi connectivity index (χ0v) is 16.0. The molecule has 1 aliphatic carbocycles. The number of nitrogens with zero attached hydrogens (tertiary/aromatic N) is 2. The SMILES string of the molecule is COC1(c2ncccc2C)CC2CCCN(C(=O)OC(C)(C)C)C2C1. The van der Waals surface area contributed by atoms with E-state index < -0.39 is 11.2 Å². The van der Waals surface area contributed by atoms with Gasteiger partial charge in [-0.15, -0.1) is 0 Å². The quantitative estimate of drug-likeness (QED) is 0.811. The van der Waals surface area contributed by atoms with Gasteiger partial charge in [-0.3, -0.25) is 4.98 Å². The van der Waals surface area contributed by atoms with Crippen molar-refractivity contribution >= 4 is 6.09 Å². The van der Waals surface area contributed by atoms with Crippen molar-refractivity contribution in [3.8, 4) is 0 Å². The second kappa shape index (κ2) is 6.60. The van der Waals surface area contributed by atoms with Crippen LogP contribution >= 0.6 is 0 Å². The molecule has 1 saturated carbocycles. The van der Waals surface area contributed by atoms with Crippen LogP contribution in [0.5, 0.6) is 0 Å². The Bertz CT molecular complexity index is 640. The molecule has 25 heavy (non-hydrogen) atoms. The molecular formula is C20H30N2O3. The number of hydrogen-bond acceptors (Lipinski definition) is 4. The molecule has 0 bridgehead atoms. The number of aryl methyl sites for hydroxylation is 1. The molecule has 2 fully saturated rings. The van der Waals surface area contributed by atoms with Crippen LogP contribution in [0.1, 0.15) is 57.7 Å². The first-order valence-electron chi connectivity index (χ1n) is 9.23. The number of pyridine rings is 1. The number of methoxy groups -OCH3 is 1. The van der Waals surface area contributed by atoms with E-state index in [1.807, 2.05) is 37.9 Å². The van der Waals surface area contributed by atoms with Crippen molar-refractivity contribution in [2.45, 2.75) is 70.6 Å². The minimum atomic E-state index is -0.474. The molecule has 2 heterocycles. The number of likely N-dealkylation sites (tertiary alicyclic amines) is 1. The normalized spacial score (nSPS) is 29.4. The van der Waals surface area contributed by atoms with E-state index in [1.165, 1.54) is 0 Å². The lowest BCUT2D eigenvalue weighted by Gasteiger charge is -2.38. The predicted octanol–water partition coefficient (Wildman–Crippen LogP) is 4.04. The fourth-order valence-corrected chi connectivity index (χ4v) is 4.46. The number of ether oxygens (including phenoxy) is 2. The number of fused-ring (bicyclic) bond motifs is 1. The molecule has 0 spiro atoms. The second-order valence-corrected chi connectivity index (χ2v) is 8.42. The van der Waals surface area contributed by atoms with Gasteiger partial charge in [0.15, 0.2) is 0 Å². The summed E-state index contributed by atoms with van der Waals surface area (Å²) >= 11 is 0. The fourth-order valence-electron chi connectivity index (χ4n) is 4.46. The van der Waals surface area contributed by atoms with Gasteiger partial charge in [-0.2, -0.15) is 0 Å². The molecule has 0 N–H and O–H groups in total. The van der Waals surface area contributed by atoms with Crippen molar-refractivity contribution in [2.75, 3.05) is 13.7 Å². The highest BCUT2D eigenvalue weighted by Crippen LogP contribution is 2.50. The topological polar surface area (TPSA) is 51.7 Å². The smallest absolute Gasteiger partial charge is 0.410 e. The molecule has 0 radical (unpaired) electrons. The summed E-state index contributed by atoms with van der Waals surface area (Å²) in [6.07, 6.45) is 5.46. The molecular weight excluding hydrogens is 316 g/mol. The van der Waals surface area contributed by atoms with Crippen LogP contribution in [-0.2, 0) is 15.1 Å². The molecule has 1 saturated heterocycles. The Morgan fingerprint density at radius 1 is 1.36 bits per heavy atom. The van der Waals surface area contributed by atoms with E-state index >= 15 is 0 Å². The van der Waals surface area contributed by atoms with Gasteiger partial charge >= 0.3 is 6.09 Å². The maximum atomic E-state index is 12.7. The number of rotatable bonds is 2. The first-order valence-corrected chi connectivity index (χ1v) is 9.23. The van der Waals surface area contributed by atoms with E-state index in [-0.39, 0.29) is 12.1 Å². The minimum absolute atomic E-state index is 0.157. The van der Waals surface area contributed by atoms with E-state index in [1.54, 1.807) is 7.11 Å². The highest BCUT2D eigenvalue weighted by atomic mass is 16.6. The van der Waals surface area contributed by atoms with Gasteiger partial charge in [0.05, 0.1) is 5.69 Å². The second-order valence-electron chi connectivity index (χ2n) is 8.42. The van der Waals surface area contributed by atoms with Crippen molar-refractivity contribution in [1.82, 2.24) is 9.88 Å². The summed E-state index contributed by atoms with van der Waals surface area (Å²) in [5, 5.41) is 0. The number of carbonyl (C=O) groups is 1. The summed E-state index contributed by atoms with van der Waals surface area (Å²) in [4.78, 5) is 19.3. The predicted molar refractivity (Wildman–Crippen MR) is 96.3 cm³/mol.